The van der Waals surface area contributed by atoms with Gasteiger partial charge in [0.1, 0.15) is 17.1 Å². The SMILES string of the molecule is CCOOP(=O)(OCc1cccc(OC(=O)c2ccccc2OC(C)=O)c1)OOCC. The van der Waals surface area contributed by atoms with Crippen LogP contribution < -0.4 is 9.47 Å². The summed E-state index contributed by atoms with van der Waals surface area (Å²) in [5.74, 6) is -1.01. The van der Waals surface area contributed by atoms with Crippen LogP contribution in [0.5, 0.6) is 11.5 Å². The number of esters is 2. The van der Waals surface area contributed by atoms with Gasteiger partial charge in [0.2, 0.25) is 0 Å². The number of hydrogen-bond donors (Lipinski definition) is 0. The summed E-state index contributed by atoms with van der Waals surface area (Å²) in [6.07, 6.45) is 0. The smallest absolute Gasteiger partial charge is 0.426 e. The van der Waals surface area contributed by atoms with Crippen molar-refractivity contribution >= 4 is 19.8 Å². The van der Waals surface area contributed by atoms with E-state index in [1.807, 2.05) is 0 Å². The minimum absolute atomic E-state index is 0.0825. The normalized spacial score (nSPS) is 11.2. The van der Waals surface area contributed by atoms with Crippen molar-refractivity contribution < 1.29 is 47.3 Å². The first-order valence-corrected chi connectivity index (χ1v) is 10.8. The highest BCUT2D eigenvalue weighted by Crippen LogP contribution is 2.50. The molecule has 2 aromatic rings. The van der Waals surface area contributed by atoms with Crippen molar-refractivity contribution in [2.24, 2.45) is 0 Å². The average Bonchev–Trinajstić information content (AvgIpc) is 2.75. The Kier molecular flexibility index (Phi) is 9.80. The molecule has 0 spiro atoms. The lowest BCUT2D eigenvalue weighted by Gasteiger charge is -2.15. The number of carbonyl (C=O) groups excluding carboxylic acids is 2. The van der Waals surface area contributed by atoms with E-state index in [1.165, 1.54) is 25.1 Å². The number of hydrogen-bond acceptors (Lipinski definition) is 10. The van der Waals surface area contributed by atoms with Crippen molar-refractivity contribution in [2.75, 3.05) is 13.2 Å². The number of ether oxygens (including phenoxy) is 2. The molecule has 0 radical (unpaired) electrons. The Balaban J connectivity index is 2.07. The van der Waals surface area contributed by atoms with E-state index < -0.39 is 19.8 Å². The standard InChI is InChI=1S/C20H23O10P/c1-4-24-29-31(23,30-25-5-2)26-14-16-9-8-10-17(13-16)28-20(22)18-11-6-7-12-19(18)27-15(3)21/h6-13H,4-5,14H2,1-3H3. The van der Waals surface area contributed by atoms with Gasteiger partial charge in [-0.25, -0.2) is 19.1 Å². The summed E-state index contributed by atoms with van der Waals surface area (Å²) in [6.45, 7) is 4.50. The molecular formula is C20H23O10P. The minimum atomic E-state index is -4.13. The van der Waals surface area contributed by atoms with Crippen molar-refractivity contribution in [1.29, 1.82) is 0 Å². The first-order chi connectivity index (χ1) is 14.9. The predicted molar refractivity (Wildman–Crippen MR) is 107 cm³/mol. The Hall–Kier alpha value is -2.59. The molecule has 2 aromatic carbocycles. The van der Waals surface area contributed by atoms with Crippen LogP contribution in [0.15, 0.2) is 48.5 Å². The van der Waals surface area contributed by atoms with Crippen LogP contribution in [0.3, 0.4) is 0 Å². The van der Waals surface area contributed by atoms with Gasteiger partial charge >= 0.3 is 19.8 Å². The fourth-order valence-corrected chi connectivity index (χ4v) is 3.07. The van der Waals surface area contributed by atoms with E-state index in [9.17, 15) is 14.2 Å². The van der Waals surface area contributed by atoms with Crippen LogP contribution in [0.1, 0.15) is 36.7 Å². The molecule has 0 saturated carbocycles. The summed E-state index contributed by atoms with van der Waals surface area (Å²) >= 11 is 0. The Bertz CT molecular complexity index is 918. The van der Waals surface area contributed by atoms with Gasteiger partial charge in [0.15, 0.2) is 0 Å². The molecule has 2 rings (SSSR count). The molecular weight excluding hydrogens is 431 g/mol. The number of carbonyl (C=O) groups is 2. The van der Waals surface area contributed by atoms with Gasteiger partial charge in [-0.15, -0.1) is 9.35 Å². The van der Waals surface area contributed by atoms with E-state index in [1.54, 1.807) is 44.2 Å². The second-order valence-corrected chi connectivity index (χ2v) is 7.26. The fraction of sp³-hybridized carbons (Fsp3) is 0.300. The van der Waals surface area contributed by atoms with Gasteiger partial charge in [-0.1, -0.05) is 24.3 Å². The van der Waals surface area contributed by atoms with Crippen molar-refractivity contribution in [3.63, 3.8) is 0 Å². The number of benzene rings is 2. The maximum Gasteiger partial charge on any atom is 0.529 e. The molecule has 0 N–H and O–H groups in total. The second-order valence-electron chi connectivity index (χ2n) is 5.81. The zero-order valence-electron chi connectivity index (χ0n) is 17.3. The monoisotopic (exact) mass is 454 g/mol. The van der Waals surface area contributed by atoms with E-state index >= 15 is 0 Å². The van der Waals surface area contributed by atoms with Crippen molar-refractivity contribution in [2.45, 2.75) is 27.4 Å². The maximum absolute atomic E-state index is 12.5. The summed E-state index contributed by atoms with van der Waals surface area (Å²) in [5, 5.41) is 0. The van der Waals surface area contributed by atoms with E-state index in [0.717, 1.165) is 0 Å². The molecule has 31 heavy (non-hydrogen) atoms. The van der Waals surface area contributed by atoms with Crippen molar-refractivity contribution in [3.05, 3.63) is 59.7 Å². The third kappa shape index (κ3) is 8.22. The lowest BCUT2D eigenvalue weighted by Crippen LogP contribution is -2.12. The van der Waals surface area contributed by atoms with Gasteiger partial charge in [0, 0.05) is 6.92 Å². The van der Waals surface area contributed by atoms with Crippen molar-refractivity contribution in [3.8, 4) is 11.5 Å². The highest BCUT2D eigenvalue weighted by Gasteiger charge is 2.30. The zero-order valence-corrected chi connectivity index (χ0v) is 18.2. The highest BCUT2D eigenvalue weighted by molar-refractivity contribution is 7.48. The predicted octanol–water partition coefficient (Wildman–Crippen LogP) is 4.39. The van der Waals surface area contributed by atoms with Gasteiger partial charge in [0.25, 0.3) is 0 Å². The summed E-state index contributed by atoms with van der Waals surface area (Å²) in [7, 11) is -4.13. The fourth-order valence-electron chi connectivity index (χ4n) is 2.18. The molecule has 0 unspecified atom stereocenters. The Morgan fingerprint density at radius 2 is 1.58 bits per heavy atom. The highest BCUT2D eigenvalue weighted by atomic mass is 31.2. The Morgan fingerprint density at radius 1 is 0.903 bits per heavy atom. The average molecular weight is 454 g/mol. The molecule has 168 valence electrons. The van der Waals surface area contributed by atoms with Gasteiger partial charge in [-0.3, -0.25) is 9.32 Å². The molecule has 0 bridgehead atoms. The van der Waals surface area contributed by atoms with Gasteiger partial charge in [0.05, 0.1) is 19.8 Å². The van der Waals surface area contributed by atoms with E-state index in [-0.39, 0.29) is 36.9 Å². The molecule has 0 heterocycles. The topological polar surface area (TPSA) is 116 Å². The van der Waals surface area contributed by atoms with Crippen LogP contribution in [0.2, 0.25) is 0 Å². The second kappa shape index (κ2) is 12.3. The summed E-state index contributed by atoms with van der Waals surface area (Å²) in [6, 6.07) is 12.5. The molecule has 0 atom stereocenters. The molecule has 0 aliphatic carbocycles. The molecule has 0 aliphatic heterocycles. The molecule has 0 amide bonds. The van der Waals surface area contributed by atoms with Crippen LogP contribution in [-0.4, -0.2) is 25.2 Å². The third-order valence-corrected chi connectivity index (χ3v) is 4.40. The molecule has 0 fully saturated rings. The van der Waals surface area contributed by atoms with Crippen LogP contribution >= 0.6 is 7.82 Å². The molecule has 0 aliphatic rings. The summed E-state index contributed by atoms with van der Waals surface area (Å²) in [4.78, 5) is 33.0. The molecule has 0 saturated heterocycles. The Morgan fingerprint density at radius 3 is 2.23 bits per heavy atom. The van der Waals surface area contributed by atoms with Crippen molar-refractivity contribution in [1.82, 2.24) is 0 Å². The van der Waals surface area contributed by atoms with E-state index in [0.29, 0.717) is 5.56 Å². The first kappa shape index (κ1) is 24.7. The number of para-hydroxylation sites is 1. The van der Waals surface area contributed by atoms with Crippen LogP contribution in [0.4, 0.5) is 0 Å². The molecule has 0 aromatic heterocycles. The first-order valence-electron chi connectivity index (χ1n) is 9.32. The quantitative estimate of drug-likeness (QED) is 0.150. The van der Waals surface area contributed by atoms with Gasteiger partial charge in [-0.05, 0) is 43.7 Å². The lowest BCUT2D eigenvalue weighted by atomic mass is 10.2. The minimum Gasteiger partial charge on any atom is -0.426 e. The number of rotatable bonds is 12. The maximum atomic E-state index is 12.5. The summed E-state index contributed by atoms with van der Waals surface area (Å²) in [5.41, 5.74) is 0.582. The zero-order chi connectivity index (χ0) is 22.7. The van der Waals surface area contributed by atoms with E-state index in [2.05, 4.69) is 19.1 Å². The summed E-state index contributed by atoms with van der Waals surface area (Å²) < 4.78 is 37.3. The lowest BCUT2D eigenvalue weighted by molar-refractivity contribution is -0.279. The van der Waals surface area contributed by atoms with Gasteiger partial charge < -0.3 is 9.47 Å². The number of phosphoric acid groups is 1. The molecule has 10 nitrogen and oxygen atoms in total. The third-order valence-electron chi connectivity index (χ3n) is 3.38. The molecule has 11 heteroatoms. The largest absolute Gasteiger partial charge is 0.529 e. The van der Waals surface area contributed by atoms with E-state index in [4.69, 9.17) is 14.0 Å². The van der Waals surface area contributed by atoms with Crippen LogP contribution in [0.25, 0.3) is 0 Å². The van der Waals surface area contributed by atoms with Crippen LogP contribution in [0, 0.1) is 0 Å². The van der Waals surface area contributed by atoms with Crippen LogP contribution in [-0.2, 0) is 39.6 Å². The Labute approximate surface area is 179 Å². The van der Waals surface area contributed by atoms with Gasteiger partial charge in [-0.2, -0.15) is 0 Å².